The van der Waals surface area contributed by atoms with Crippen molar-refractivity contribution in [1.82, 2.24) is 4.98 Å². The van der Waals surface area contributed by atoms with Crippen LogP contribution in [0.25, 0.3) is 17.3 Å². The first kappa shape index (κ1) is 17.7. The van der Waals surface area contributed by atoms with Crippen LogP contribution in [-0.4, -0.2) is 10.9 Å². The summed E-state index contributed by atoms with van der Waals surface area (Å²) in [7, 11) is 0. The van der Waals surface area contributed by atoms with Crippen LogP contribution < -0.4 is 5.32 Å². The van der Waals surface area contributed by atoms with Gasteiger partial charge in [0.15, 0.2) is 5.13 Å². The fraction of sp³-hybridized carbons (Fsp3) is 0.0526. The topological polar surface area (TPSA) is 42.0 Å². The van der Waals surface area contributed by atoms with E-state index in [9.17, 15) is 4.79 Å². The first-order valence-electron chi connectivity index (χ1n) is 7.48. The maximum absolute atomic E-state index is 12.0. The second kappa shape index (κ2) is 7.83. The lowest BCUT2D eigenvalue weighted by molar-refractivity contribution is -0.111. The van der Waals surface area contributed by atoms with Gasteiger partial charge in [-0.05, 0) is 30.7 Å². The van der Waals surface area contributed by atoms with E-state index in [1.165, 1.54) is 23.0 Å². The number of nitrogens with zero attached hydrogens (tertiary/aromatic N) is 1. The number of hydrogen-bond acceptors (Lipinski definition) is 3. The molecule has 0 bridgehead atoms. The number of carbonyl (C=O) groups excluding carboxylic acids is 1. The van der Waals surface area contributed by atoms with Gasteiger partial charge in [0.1, 0.15) is 0 Å². The molecule has 126 valence electrons. The zero-order valence-corrected chi connectivity index (χ0v) is 15.6. The molecule has 25 heavy (non-hydrogen) atoms. The number of aryl methyl sites for hydroxylation is 1. The van der Waals surface area contributed by atoms with E-state index in [-0.39, 0.29) is 5.91 Å². The second-order valence-corrected chi connectivity index (χ2v) is 7.07. The molecule has 3 aromatic rings. The predicted octanol–water partition coefficient (Wildman–Crippen LogP) is 6.08. The lowest BCUT2D eigenvalue weighted by atomic mass is 10.1. The number of benzene rings is 2. The summed E-state index contributed by atoms with van der Waals surface area (Å²) in [4.78, 5) is 16.4. The Kier molecular flexibility index (Phi) is 5.53. The van der Waals surface area contributed by atoms with Crippen LogP contribution in [0.3, 0.4) is 0 Å². The molecule has 2 aromatic carbocycles. The minimum Gasteiger partial charge on any atom is -0.298 e. The normalized spacial score (nSPS) is 11.0. The van der Waals surface area contributed by atoms with Crippen molar-refractivity contribution in [2.24, 2.45) is 0 Å². The van der Waals surface area contributed by atoms with Crippen molar-refractivity contribution >= 4 is 51.7 Å². The molecule has 1 amide bonds. The van der Waals surface area contributed by atoms with Crippen molar-refractivity contribution in [3.05, 3.63) is 75.1 Å². The molecule has 3 rings (SSSR count). The van der Waals surface area contributed by atoms with Gasteiger partial charge in [0.25, 0.3) is 0 Å². The lowest BCUT2D eigenvalue weighted by Crippen LogP contribution is -2.07. The van der Waals surface area contributed by atoms with E-state index in [4.69, 9.17) is 23.2 Å². The van der Waals surface area contributed by atoms with Crippen LogP contribution in [0, 0.1) is 6.92 Å². The van der Waals surface area contributed by atoms with E-state index in [1.807, 2.05) is 42.6 Å². The molecule has 0 aliphatic rings. The fourth-order valence-electron chi connectivity index (χ4n) is 2.12. The van der Waals surface area contributed by atoms with E-state index < -0.39 is 0 Å². The molecule has 1 aromatic heterocycles. The van der Waals surface area contributed by atoms with E-state index in [1.54, 1.807) is 18.2 Å². The number of anilines is 1. The highest BCUT2D eigenvalue weighted by Gasteiger charge is 2.08. The molecule has 0 saturated heterocycles. The van der Waals surface area contributed by atoms with E-state index >= 15 is 0 Å². The summed E-state index contributed by atoms with van der Waals surface area (Å²) in [5.74, 6) is -0.226. The first-order valence-corrected chi connectivity index (χ1v) is 9.11. The van der Waals surface area contributed by atoms with Gasteiger partial charge in [0.05, 0.1) is 15.7 Å². The highest BCUT2D eigenvalue weighted by atomic mass is 35.5. The zero-order valence-electron chi connectivity index (χ0n) is 13.3. The van der Waals surface area contributed by atoms with Gasteiger partial charge in [-0.15, -0.1) is 11.3 Å². The first-order chi connectivity index (χ1) is 12.0. The summed E-state index contributed by atoms with van der Waals surface area (Å²) in [6.07, 6.45) is 3.26. The number of halogens is 2. The number of carbonyl (C=O) groups is 1. The summed E-state index contributed by atoms with van der Waals surface area (Å²) in [5, 5.41) is 6.12. The molecule has 0 saturated carbocycles. The van der Waals surface area contributed by atoms with Crippen LogP contribution in [0.5, 0.6) is 0 Å². The summed E-state index contributed by atoms with van der Waals surface area (Å²) in [6.45, 7) is 2.02. The monoisotopic (exact) mass is 388 g/mol. The molecular weight excluding hydrogens is 375 g/mol. The quantitative estimate of drug-likeness (QED) is 0.550. The van der Waals surface area contributed by atoms with Crippen LogP contribution in [0.2, 0.25) is 10.0 Å². The number of hydrogen-bond donors (Lipinski definition) is 1. The molecule has 0 radical (unpaired) electrons. The Bertz CT molecular complexity index is 933. The molecule has 0 unspecified atom stereocenters. The van der Waals surface area contributed by atoms with Gasteiger partial charge in [-0.3, -0.25) is 10.1 Å². The molecule has 0 aliphatic carbocycles. The standard InChI is InChI=1S/C19H14Cl2N2OS/c1-12-2-4-13(5-3-12)6-9-18(24)23-19-22-17(11-25-19)14-7-8-15(20)16(21)10-14/h2-11H,1H3,(H,22,23,24). The minimum absolute atomic E-state index is 0.226. The van der Waals surface area contributed by atoms with Crippen molar-refractivity contribution < 1.29 is 4.79 Å². The predicted molar refractivity (Wildman–Crippen MR) is 106 cm³/mol. The van der Waals surface area contributed by atoms with Gasteiger partial charge in [0, 0.05) is 17.0 Å². The Hall–Kier alpha value is -2.14. The maximum atomic E-state index is 12.0. The van der Waals surface area contributed by atoms with Gasteiger partial charge in [-0.25, -0.2) is 4.98 Å². The van der Waals surface area contributed by atoms with Gasteiger partial charge in [-0.1, -0.05) is 59.1 Å². The van der Waals surface area contributed by atoms with Crippen molar-refractivity contribution in [3.8, 4) is 11.3 Å². The summed E-state index contributed by atoms with van der Waals surface area (Å²) >= 11 is 13.3. The number of nitrogens with one attached hydrogen (secondary N) is 1. The van der Waals surface area contributed by atoms with Crippen molar-refractivity contribution in [1.29, 1.82) is 0 Å². The molecule has 1 N–H and O–H groups in total. The summed E-state index contributed by atoms with van der Waals surface area (Å²) < 4.78 is 0. The molecule has 3 nitrogen and oxygen atoms in total. The van der Waals surface area contributed by atoms with Crippen LogP contribution in [-0.2, 0) is 4.79 Å². The van der Waals surface area contributed by atoms with Crippen molar-refractivity contribution in [3.63, 3.8) is 0 Å². The molecule has 1 heterocycles. The zero-order chi connectivity index (χ0) is 17.8. The Morgan fingerprint density at radius 3 is 2.60 bits per heavy atom. The SMILES string of the molecule is Cc1ccc(C=CC(=O)Nc2nc(-c3ccc(Cl)c(Cl)c3)cs2)cc1. The maximum Gasteiger partial charge on any atom is 0.250 e. The van der Waals surface area contributed by atoms with Gasteiger partial charge < -0.3 is 0 Å². The largest absolute Gasteiger partial charge is 0.298 e. The Labute approximate surface area is 159 Å². The van der Waals surface area contributed by atoms with Crippen molar-refractivity contribution in [2.75, 3.05) is 5.32 Å². The number of amides is 1. The second-order valence-electron chi connectivity index (χ2n) is 5.40. The lowest BCUT2D eigenvalue weighted by Gasteiger charge is -2.00. The van der Waals surface area contributed by atoms with Crippen LogP contribution in [0.15, 0.2) is 53.9 Å². The molecule has 0 spiro atoms. The number of aromatic nitrogens is 1. The minimum atomic E-state index is -0.226. The molecule has 0 aliphatic heterocycles. The summed E-state index contributed by atoms with van der Waals surface area (Å²) in [5.41, 5.74) is 3.73. The summed E-state index contributed by atoms with van der Waals surface area (Å²) in [6, 6.07) is 13.2. The number of thiazole rings is 1. The average molecular weight is 389 g/mol. The van der Waals surface area contributed by atoms with Gasteiger partial charge in [-0.2, -0.15) is 0 Å². The molecular formula is C19H14Cl2N2OS. The van der Waals surface area contributed by atoms with E-state index in [0.29, 0.717) is 15.2 Å². The Balaban J connectivity index is 1.67. The Morgan fingerprint density at radius 1 is 1.12 bits per heavy atom. The Morgan fingerprint density at radius 2 is 1.88 bits per heavy atom. The molecule has 0 fully saturated rings. The smallest absolute Gasteiger partial charge is 0.250 e. The van der Waals surface area contributed by atoms with Gasteiger partial charge in [0.2, 0.25) is 5.91 Å². The highest BCUT2D eigenvalue weighted by Crippen LogP contribution is 2.30. The van der Waals surface area contributed by atoms with Crippen LogP contribution >= 0.6 is 34.5 Å². The van der Waals surface area contributed by atoms with Crippen LogP contribution in [0.1, 0.15) is 11.1 Å². The van der Waals surface area contributed by atoms with E-state index in [2.05, 4.69) is 10.3 Å². The van der Waals surface area contributed by atoms with Crippen LogP contribution in [0.4, 0.5) is 5.13 Å². The average Bonchev–Trinajstić information content (AvgIpc) is 3.05. The third kappa shape index (κ3) is 4.69. The molecule has 0 atom stereocenters. The molecule has 6 heteroatoms. The highest BCUT2D eigenvalue weighted by molar-refractivity contribution is 7.14. The van der Waals surface area contributed by atoms with E-state index in [0.717, 1.165) is 16.8 Å². The third-order valence-corrected chi connectivity index (χ3v) is 4.95. The number of rotatable bonds is 4. The van der Waals surface area contributed by atoms with Crippen molar-refractivity contribution in [2.45, 2.75) is 6.92 Å². The fourth-order valence-corrected chi connectivity index (χ4v) is 3.14. The van der Waals surface area contributed by atoms with Gasteiger partial charge >= 0.3 is 0 Å². The third-order valence-electron chi connectivity index (χ3n) is 3.45.